The molecule has 0 heteroatoms. The average molecular weight is 148 g/mol. The highest BCUT2D eigenvalue weighted by Crippen LogP contribution is 2.27. The van der Waals surface area contributed by atoms with Crippen LogP contribution in [0.4, 0.5) is 0 Å². The molecule has 0 N–H and O–H groups in total. The second-order valence-electron chi connectivity index (χ2n) is 3.33. The first kappa shape index (κ1) is 8.32. The Balaban J connectivity index is 2.68. The van der Waals surface area contributed by atoms with Gasteiger partial charge in [-0.3, -0.25) is 0 Å². The van der Waals surface area contributed by atoms with E-state index in [1.807, 2.05) is 6.92 Å². The average Bonchev–Trinajstić information content (AvgIpc) is 1.93. The minimum absolute atomic E-state index is 1.14. The van der Waals surface area contributed by atoms with Crippen molar-refractivity contribution in [1.82, 2.24) is 0 Å². The van der Waals surface area contributed by atoms with E-state index in [-0.39, 0.29) is 0 Å². The molecule has 0 spiro atoms. The van der Waals surface area contributed by atoms with Gasteiger partial charge in [-0.15, -0.1) is 0 Å². The highest BCUT2D eigenvalue weighted by atomic mass is 14.1. The minimum Gasteiger partial charge on any atom is -0.0961 e. The fraction of sp³-hybridized carbons (Fsp3) is 0.455. The van der Waals surface area contributed by atoms with Crippen molar-refractivity contribution in [3.05, 3.63) is 36.0 Å². The van der Waals surface area contributed by atoms with Crippen molar-refractivity contribution in [3.8, 4) is 0 Å². The molecule has 0 bridgehead atoms. The Bertz CT molecular complexity index is 206. The van der Waals surface area contributed by atoms with Crippen molar-refractivity contribution in [2.45, 2.75) is 32.6 Å². The molecule has 0 nitrogen and oxygen atoms in total. The zero-order chi connectivity index (χ0) is 8.27. The maximum Gasteiger partial charge on any atom is -0.0276 e. The Kier molecular flexibility index (Phi) is 2.70. The quantitative estimate of drug-likeness (QED) is 0.532. The summed E-state index contributed by atoms with van der Waals surface area (Å²) in [6, 6.07) is 0. The van der Waals surface area contributed by atoms with Gasteiger partial charge in [0.25, 0.3) is 0 Å². The van der Waals surface area contributed by atoms with E-state index in [2.05, 4.69) is 19.2 Å². The van der Waals surface area contributed by atoms with Crippen LogP contribution in [0, 0.1) is 0 Å². The second kappa shape index (κ2) is 3.56. The van der Waals surface area contributed by atoms with E-state index >= 15 is 0 Å². The van der Waals surface area contributed by atoms with Gasteiger partial charge in [0.15, 0.2) is 0 Å². The monoisotopic (exact) mass is 148 g/mol. The molecule has 0 aromatic heterocycles. The van der Waals surface area contributed by atoms with E-state index in [1.54, 1.807) is 0 Å². The summed E-state index contributed by atoms with van der Waals surface area (Å²) in [5, 5.41) is 0. The van der Waals surface area contributed by atoms with Gasteiger partial charge in [0, 0.05) is 0 Å². The van der Waals surface area contributed by atoms with Crippen LogP contribution in [0.5, 0.6) is 0 Å². The van der Waals surface area contributed by atoms with Gasteiger partial charge in [0.1, 0.15) is 0 Å². The summed E-state index contributed by atoms with van der Waals surface area (Å²) in [5.41, 5.74) is 3.88. The van der Waals surface area contributed by atoms with E-state index in [0.717, 1.165) is 5.57 Å². The summed E-state index contributed by atoms with van der Waals surface area (Å²) >= 11 is 0. The lowest BCUT2D eigenvalue weighted by Gasteiger charge is -2.16. The highest BCUT2D eigenvalue weighted by molar-refractivity contribution is 5.35. The molecule has 1 fully saturated rings. The fourth-order valence-electron chi connectivity index (χ4n) is 1.46. The summed E-state index contributed by atoms with van der Waals surface area (Å²) in [7, 11) is 0. The van der Waals surface area contributed by atoms with Crippen LogP contribution in [0.2, 0.25) is 0 Å². The fourth-order valence-corrected chi connectivity index (χ4v) is 1.46. The van der Waals surface area contributed by atoms with Crippen LogP contribution >= 0.6 is 0 Å². The van der Waals surface area contributed by atoms with Gasteiger partial charge in [-0.05, 0) is 38.2 Å². The van der Waals surface area contributed by atoms with Gasteiger partial charge < -0.3 is 0 Å². The van der Waals surface area contributed by atoms with Crippen LogP contribution in [0.1, 0.15) is 32.6 Å². The normalized spacial score (nSPS) is 22.3. The SMILES string of the molecule is C=C(C)/C=C1/CCCCC1=C. The molecule has 1 aliphatic carbocycles. The van der Waals surface area contributed by atoms with Crippen molar-refractivity contribution < 1.29 is 0 Å². The summed E-state index contributed by atoms with van der Waals surface area (Å²) in [6.07, 6.45) is 7.18. The molecule has 0 unspecified atom stereocenters. The first-order chi connectivity index (χ1) is 5.20. The molecular weight excluding hydrogens is 132 g/mol. The van der Waals surface area contributed by atoms with Crippen LogP contribution in [-0.2, 0) is 0 Å². The van der Waals surface area contributed by atoms with E-state index in [1.165, 1.54) is 36.8 Å². The number of hydrogen-bond donors (Lipinski definition) is 0. The predicted octanol–water partition coefficient (Wildman–Crippen LogP) is 3.62. The Hall–Kier alpha value is -0.780. The van der Waals surface area contributed by atoms with Crippen molar-refractivity contribution in [1.29, 1.82) is 0 Å². The topological polar surface area (TPSA) is 0 Å². The van der Waals surface area contributed by atoms with Crippen molar-refractivity contribution in [3.63, 3.8) is 0 Å². The molecule has 1 saturated carbocycles. The van der Waals surface area contributed by atoms with Crippen molar-refractivity contribution in [2.24, 2.45) is 0 Å². The van der Waals surface area contributed by atoms with Crippen LogP contribution in [0.15, 0.2) is 36.0 Å². The summed E-state index contributed by atoms with van der Waals surface area (Å²) in [5.74, 6) is 0. The molecule has 0 aliphatic heterocycles. The third kappa shape index (κ3) is 2.38. The molecule has 1 rings (SSSR count). The van der Waals surface area contributed by atoms with Crippen molar-refractivity contribution in [2.75, 3.05) is 0 Å². The Morgan fingerprint density at radius 2 is 2.00 bits per heavy atom. The maximum atomic E-state index is 4.04. The second-order valence-corrected chi connectivity index (χ2v) is 3.33. The molecule has 1 aliphatic rings. The minimum atomic E-state index is 1.14. The summed E-state index contributed by atoms with van der Waals surface area (Å²) in [4.78, 5) is 0. The van der Waals surface area contributed by atoms with Gasteiger partial charge in [0.2, 0.25) is 0 Å². The molecule has 0 aromatic rings. The molecule has 0 radical (unpaired) electrons. The zero-order valence-corrected chi connectivity index (χ0v) is 7.32. The number of allylic oxidation sites excluding steroid dienone is 4. The molecule has 60 valence electrons. The van der Waals surface area contributed by atoms with Gasteiger partial charge in [-0.25, -0.2) is 0 Å². The smallest absolute Gasteiger partial charge is 0.0276 e. The number of hydrogen-bond acceptors (Lipinski definition) is 0. The first-order valence-electron chi connectivity index (χ1n) is 4.24. The lowest BCUT2D eigenvalue weighted by atomic mass is 9.90. The van der Waals surface area contributed by atoms with Gasteiger partial charge in [-0.2, -0.15) is 0 Å². The molecule has 0 amide bonds. The number of rotatable bonds is 1. The van der Waals surface area contributed by atoms with Crippen LogP contribution < -0.4 is 0 Å². The maximum absolute atomic E-state index is 4.04. The highest BCUT2D eigenvalue weighted by Gasteiger charge is 2.08. The lowest BCUT2D eigenvalue weighted by Crippen LogP contribution is -1.97. The van der Waals surface area contributed by atoms with Gasteiger partial charge in [0.05, 0.1) is 0 Å². The van der Waals surface area contributed by atoms with Crippen LogP contribution in [0.25, 0.3) is 0 Å². The predicted molar refractivity (Wildman–Crippen MR) is 50.5 cm³/mol. The largest absolute Gasteiger partial charge is 0.0961 e. The standard InChI is InChI=1S/C11H16/c1-9(2)8-11-7-5-4-6-10(11)3/h8H,1,3-7H2,2H3/b11-8-. The van der Waals surface area contributed by atoms with Crippen LogP contribution in [0.3, 0.4) is 0 Å². The summed E-state index contributed by atoms with van der Waals surface area (Å²) < 4.78 is 0. The van der Waals surface area contributed by atoms with Gasteiger partial charge >= 0.3 is 0 Å². The van der Waals surface area contributed by atoms with Crippen molar-refractivity contribution >= 4 is 0 Å². The molecule has 0 saturated heterocycles. The molecule has 0 heterocycles. The first-order valence-corrected chi connectivity index (χ1v) is 4.24. The Morgan fingerprint density at radius 1 is 1.36 bits per heavy atom. The van der Waals surface area contributed by atoms with E-state index in [9.17, 15) is 0 Å². The molecule has 0 atom stereocenters. The third-order valence-electron chi connectivity index (χ3n) is 2.05. The molecule has 0 aromatic carbocycles. The van der Waals surface area contributed by atoms with E-state index in [0.29, 0.717) is 0 Å². The zero-order valence-electron chi connectivity index (χ0n) is 7.32. The summed E-state index contributed by atoms with van der Waals surface area (Å²) in [6.45, 7) is 9.94. The molecule has 11 heavy (non-hydrogen) atoms. The Morgan fingerprint density at radius 3 is 2.55 bits per heavy atom. The van der Waals surface area contributed by atoms with Crippen LogP contribution in [-0.4, -0.2) is 0 Å². The van der Waals surface area contributed by atoms with Gasteiger partial charge in [-0.1, -0.05) is 30.4 Å². The third-order valence-corrected chi connectivity index (χ3v) is 2.05. The van der Waals surface area contributed by atoms with E-state index in [4.69, 9.17) is 0 Å². The Labute approximate surface area is 69.3 Å². The lowest BCUT2D eigenvalue weighted by molar-refractivity contribution is 0.680. The molecular formula is C11H16. The van der Waals surface area contributed by atoms with E-state index < -0.39 is 0 Å².